The number of hydrogen-bond donors (Lipinski definition) is 1. The molecule has 6 nitrogen and oxygen atoms in total. The monoisotopic (exact) mass is 418 g/mol. The number of esters is 1. The smallest absolute Gasteiger partial charge is 0.344 e. The Hall–Kier alpha value is -3.06. The number of carbonyl (C=O) groups is 1. The molecule has 0 heterocycles. The van der Waals surface area contributed by atoms with Crippen molar-refractivity contribution >= 4 is 12.0 Å². The fourth-order valence-electron chi connectivity index (χ4n) is 2.64. The van der Waals surface area contributed by atoms with E-state index in [1.807, 2.05) is 0 Å². The van der Waals surface area contributed by atoms with E-state index in [9.17, 15) is 14.3 Å². The molecule has 7 heteroatoms. The lowest BCUT2D eigenvalue weighted by molar-refractivity contribution is -0.157. The molecule has 0 spiro atoms. The molecule has 0 aromatic heterocycles. The van der Waals surface area contributed by atoms with E-state index in [-0.39, 0.29) is 23.7 Å². The van der Waals surface area contributed by atoms with Gasteiger partial charge in [0.2, 0.25) is 0 Å². The number of aliphatic hydroxyl groups excluding tert-OH is 1. The van der Waals surface area contributed by atoms with Gasteiger partial charge in [0.25, 0.3) is 0 Å². The summed E-state index contributed by atoms with van der Waals surface area (Å²) in [6.07, 6.45) is 1.88. The lowest BCUT2D eigenvalue weighted by atomic mass is 10.1. The van der Waals surface area contributed by atoms with Gasteiger partial charge in [0.1, 0.15) is 11.4 Å². The Labute approximate surface area is 175 Å². The summed E-state index contributed by atoms with van der Waals surface area (Å²) in [6, 6.07) is 9.76. The number of carbonyl (C=O) groups excluding carboxylic acids is 1. The number of rotatable bonds is 8. The van der Waals surface area contributed by atoms with Gasteiger partial charge in [-0.05, 0) is 50.6 Å². The third kappa shape index (κ3) is 6.49. The number of hydrogen-bond acceptors (Lipinski definition) is 6. The second-order valence-electron chi connectivity index (χ2n) is 7.46. The standard InChI is InChI=1S/C23H27FO6/c1-23(2,3)30-20(26)14-29-17-8-6-7-16(13-17)18(25)11-9-15-10-12-19(27-4)22(28-5)21(15)24/h6-13,18,25H,14H2,1-5H3/b11-9+. The number of ether oxygens (including phenoxy) is 4. The molecule has 2 aromatic carbocycles. The summed E-state index contributed by atoms with van der Waals surface area (Å²) in [6.45, 7) is 5.07. The Morgan fingerprint density at radius 2 is 1.90 bits per heavy atom. The maximum Gasteiger partial charge on any atom is 0.344 e. The molecule has 0 fully saturated rings. The molecule has 0 aliphatic carbocycles. The Balaban J connectivity index is 2.08. The lowest BCUT2D eigenvalue weighted by Gasteiger charge is -2.19. The summed E-state index contributed by atoms with van der Waals surface area (Å²) in [7, 11) is 2.78. The predicted molar refractivity (Wildman–Crippen MR) is 111 cm³/mol. The largest absolute Gasteiger partial charge is 0.493 e. The van der Waals surface area contributed by atoms with Gasteiger partial charge in [-0.25, -0.2) is 9.18 Å². The van der Waals surface area contributed by atoms with Crippen molar-refractivity contribution in [2.75, 3.05) is 20.8 Å². The molecule has 162 valence electrons. The highest BCUT2D eigenvalue weighted by Gasteiger charge is 2.17. The average molecular weight is 418 g/mol. The lowest BCUT2D eigenvalue weighted by Crippen LogP contribution is -2.27. The molecular weight excluding hydrogens is 391 g/mol. The molecule has 30 heavy (non-hydrogen) atoms. The number of methoxy groups -OCH3 is 2. The van der Waals surface area contributed by atoms with Crippen molar-refractivity contribution in [3.63, 3.8) is 0 Å². The molecule has 0 radical (unpaired) electrons. The predicted octanol–water partition coefficient (Wildman–Crippen LogP) is 4.31. The third-order valence-corrected chi connectivity index (χ3v) is 3.95. The van der Waals surface area contributed by atoms with Crippen LogP contribution in [0.2, 0.25) is 0 Å². The van der Waals surface area contributed by atoms with Crippen molar-refractivity contribution in [1.82, 2.24) is 0 Å². The second-order valence-corrected chi connectivity index (χ2v) is 7.46. The summed E-state index contributed by atoms with van der Waals surface area (Å²) in [5.74, 6) is -0.399. The quantitative estimate of drug-likeness (QED) is 0.644. The highest BCUT2D eigenvalue weighted by atomic mass is 19.1. The summed E-state index contributed by atoms with van der Waals surface area (Å²) >= 11 is 0. The molecule has 1 atom stereocenters. The van der Waals surface area contributed by atoms with Crippen molar-refractivity contribution in [2.45, 2.75) is 32.5 Å². The highest BCUT2D eigenvalue weighted by molar-refractivity contribution is 5.71. The number of halogens is 1. The van der Waals surface area contributed by atoms with E-state index in [4.69, 9.17) is 18.9 Å². The maximum atomic E-state index is 14.5. The SMILES string of the molecule is COc1ccc(/C=C/C(O)c2cccc(OCC(=O)OC(C)(C)C)c2)c(F)c1OC. The third-order valence-electron chi connectivity index (χ3n) is 3.95. The van der Waals surface area contributed by atoms with E-state index in [1.165, 1.54) is 32.4 Å². The van der Waals surface area contributed by atoms with Gasteiger partial charge in [-0.15, -0.1) is 0 Å². The molecule has 2 rings (SSSR count). The molecule has 0 bridgehead atoms. The number of benzene rings is 2. The minimum atomic E-state index is -1.01. The van der Waals surface area contributed by atoms with E-state index in [1.54, 1.807) is 51.1 Å². The van der Waals surface area contributed by atoms with Crippen molar-refractivity contribution in [3.8, 4) is 17.2 Å². The Morgan fingerprint density at radius 1 is 1.17 bits per heavy atom. The first-order valence-electron chi connectivity index (χ1n) is 9.36. The van der Waals surface area contributed by atoms with Crippen molar-refractivity contribution in [1.29, 1.82) is 0 Å². The minimum Gasteiger partial charge on any atom is -0.493 e. The van der Waals surface area contributed by atoms with Crippen LogP contribution in [0.15, 0.2) is 42.5 Å². The van der Waals surface area contributed by atoms with Crippen molar-refractivity contribution in [3.05, 3.63) is 59.4 Å². The van der Waals surface area contributed by atoms with Crippen LogP contribution in [-0.2, 0) is 9.53 Å². The summed E-state index contributed by atoms with van der Waals surface area (Å²) in [5, 5.41) is 10.4. The van der Waals surface area contributed by atoms with Gasteiger partial charge < -0.3 is 24.1 Å². The highest BCUT2D eigenvalue weighted by Crippen LogP contribution is 2.33. The molecule has 2 aromatic rings. The summed E-state index contributed by atoms with van der Waals surface area (Å²) in [4.78, 5) is 11.8. The zero-order valence-electron chi connectivity index (χ0n) is 17.8. The van der Waals surface area contributed by atoms with Crippen LogP contribution >= 0.6 is 0 Å². The van der Waals surface area contributed by atoms with Crippen LogP contribution in [-0.4, -0.2) is 37.5 Å². The first-order valence-corrected chi connectivity index (χ1v) is 9.36. The van der Waals surface area contributed by atoms with Gasteiger partial charge >= 0.3 is 5.97 Å². The van der Waals surface area contributed by atoms with Gasteiger partial charge in [0, 0.05) is 5.56 Å². The first kappa shape index (κ1) is 23.2. The maximum absolute atomic E-state index is 14.5. The first-order chi connectivity index (χ1) is 14.1. The molecule has 0 aliphatic rings. The van der Waals surface area contributed by atoms with E-state index in [0.717, 1.165) is 0 Å². The second kappa shape index (κ2) is 10.1. The molecule has 0 saturated heterocycles. The zero-order chi connectivity index (χ0) is 22.3. The Kier molecular flexibility index (Phi) is 7.83. The molecule has 1 N–H and O–H groups in total. The van der Waals surface area contributed by atoms with Crippen LogP contribution in [0.25, 0.3) is 6.08 Å². The summed E-state index contributed by atoms with van der Waals surface area (Å²) in [5.41, 5.74) is 0.167. The van der Waals surface area contributed by atoms with Crippen molar-refractivity contribution < 1.29 is 33.2 Å². The fourth-order valence-corrected chi connectivity index (χ4v) is 2.64. The fraction of sp³-hybridized carbons (Fsp3) is 0.348. The van der Waals surface area contributed by atoms with Crippen LogP contribution in [0.1, 0.15) is 38.0 Å². The molecule has 1 unspecified atom stereocenters. The van der Waals surface area contributed by atoms with Crippen molar-refractivity contribution in [2.24, 2.45) is 0 Å². The average Bonchev–Trinajstić information content (AvgIpc) is 2.69. The van der Waals surface area contributed by atoms with E-state index >= 15 is 0 Å². The van der Waals surface area contributed by atoms with Crippen LogP contribution in [0.4, 0.5) is 4.39 Å². The van der Waals surface area contributed by atoms with Crippen LogP contribution in [0, 0.1) is 5.82 Å². The Bertz CT molecular complexity index is 901. The van der Waals surface area contributed by atoms with E-state index in [2.05, 4.69) is 0 Å². The minimum absolute atomic E-state index is 0.00770. The van der Waals surface area contributed by atoms with Gasteiger partial charge in [-0.3, -0.25) is 0 Å². The molecule has 0 aliphatic heterocycles. The molecule has 0 amide bonds. The number of aliphatic hydroxyl groups is 1. The van der Waals surface area contributed by atoms with E-state index < -0.39 is 23.5 Å². The Morgan fingerprint density at radius 3 is 2.53 bits per heavy atom. The molecular formula is C23H27FO6. The van der Waals surface area contributed by atoms with Gasteiger partial charge in [-0.1, -0.05) is 24.3 Å². The van der Waals surface area contributed by atoms with Gasteiger partial charge in [0.05, 0.1) is 20.3 Å². The van der Waals surface area contributed by atoms with Crippen LogP contribution in [0.5, 0.6) is 17.2 Å². The zero-order valence-corrected chi connectivity index (χ0v) is 17.8. The van der Waals surface area contributed by atoms with Crippen LogP contribution < -0.4 is 14.2 Å². The topological polar surface area (TPSA) is 74.2 Å². The molecule has 0 saturated carbocycles. The normalized spacial score (nSPS) is 12.5. The van der Waals surface area contributed by atoms with Crippen LogP contribution in [0.3, 0.4) is 0 Å². The van der Waals surface area contributed by atoms with Gasteiger partial charge in [0.15, 0.2) is 23.9 Å². The van der Waals surface area contributed by atoms with E-state index in [0.29, 0.717) is 11.3 Å². The van der Waals surface area contributed by atoms with Gasteiger partial charge in [-0.2, -0.15) is 0 Å². The summed E-state index contributed by atoms with van der Waals surface area (Å²) < 4.78 is 35.3.